The minimum Gasteiger partial charge on any atom is -0.485 e. The molecule has 0 spiro atoms. The van der Waals surface area contributed by atoms with Gasteiger partial charge in [0.2, 0.25) is 0 Å². The summed E-state index contributed by atoms with van der Waals surface area (Å²) in [7, 11) is 0. The van der Waals surface area contributed by atoms with E-state index in [2.05, 4.69) is 16.4 Å². The molecule has 1 heterocycles. The normalized spacial score (nSPS) is 22.1. The van der Waals surface area contributed by atoms with E-state index in [9.17, 15) is 5.11 Å². The van der Waals surface area contributed by atoms with Gasteiger partial charge in [-0.15, -0.1) is 0 Å². The number of hydrogen-bond donors (Lipinski definition) is 2. The van der Waals surface area contributed by atoms with E-state index in [0.717, 1.165) is 0 Å². The van der Waals surface area contributed by atoms with Gasteiger partial charge in [0, 0.05) is 12.0 Å². The molecule has 0 aromatic heterocycles. The summed E-state index contributed by atoms with van der Waals surface area (Å²) in [6.45, 7) is 7.64. The molecule has 1 aliphatic rings. The van der Waals surface area contributed by atoms with Crippen LogP contribution in [-0.4, -0.2) is 22.6 Å². The van der Waals surface area contributed by atoms with Gasteiger partial charge in [0.15, 0.2) is 6.19 Å². The van der Waals surface area contributed by atoms with Crippen LogP contribution < -0.4 is 10.1 Å². The van der Waals surface area contributed by atoms with E-state index in [0.29, 0.717) is 35.1 Å². The van der Waals surface area contributed by atoms with E-state index in [4.69, 9.17) is 15.3 Å². The van der Waals surface area contributed by atoms with Crippen LogP contribution in [0.25, 0.3) is 0 Å². The summed E-state index contributed by atoms with van der Waals surface area (Å²) in [4.78, 5) is 4.60. The Morgan fingerprint density at radius 3 is 2.71 bits per heavy atom. The second kappa shape index (κ2) is 6.90. The lowest BCUT2D eigenvalue weighted by Crippen LogP contribution is -2.48. The molecule has 6 heteroatoms. The molecule has 24 heavy (non-hydrogen) atoms. The van der Waals surface area contributed by atoms with Gasteiger partial charge >= 0.3 is 0 Å². The zero-order valence-electron chi connectivity index (χ0n) is 14.4. The average molecular weight is 326 g/mol. The van der Waals surface area contributed by atoms with Crippen molar-refractivity contribution in [2.45, 2.75) is 51.9 Å². The molecule has 126 valence electrons. The molecular formula is C18H22N4O2. The van der Waals surface area contributed by atoms with Crippen LogP contribution in [-0.2, 0) is 0 Å². The zero-order valence-corrected chi connectivity index (χ0v) is 14.4. The van der Waals surface area contributed by atoms with Gasteiger partial charge in [-0.3, -0.25) is 10.3 Å². The fraction of sp³-hybridized carbons (Fsp3) is 0.500. The number of ether oxygens (including phenoxy) is 1. The Morgan fingerprint density at radius 2 is 2.12 bits per heavy atom. The third-order valence-corrected chi connectivity index (χ3v) is 3.94. The van der Waals surface area contributed by atoms with Crippen LogP contribution in [0.2, 0.25) is 0 Å². The van der Waals surface area contributed by atoms with E-state index >= 15 is 0 Å². The predicted octanol–water partition coefficient (Wildman–Crippen LogP) is 2.65. The van der Waals surface area contributed by atoms with Crippen molar-refractivity contribution < 1.29 is 9.84 Å². The Hall–Kier alpha value is -2.57. The highest BCUT2D eigenvalue weighted by atomic mass is 16.5. The summed E-state index contributed by atoms with van der Waals surface area (Å²) >= 11 is 0. The lowest BCUT2D eigenvalue weighted by Gasteiger charge is -2.40. The van der Waals surface area contributed by atoms with Gasteiger partial charge in [-0.2, -0.15) is 10.5 Å². The Morgan fingerprint density at radius 1 is 1.42 bits per heavy atom. The number of rotatable bonds is 3. The summed E-state index contributed by atoms with van der Waals surface area (Å²) < 4.78 is 5.87. The maximum absolute atomic E-state index is 10.7. The Bertz CT molecular complexity index is 726. The highest BCUT2D eigenvalue weighted by Gasteiger charge is 2.43. The van der Waals surface area contributed by atoms with Gasteiger partial charge < -0.3 is 9.84 Å². The highest BCUT2D eigenvalue weighted by Crippen LogP contribution is 2.42. The standard InChI is InChI=1S/C18H22N4O2/c1-11(2)7-15(21-10-20)22-16-13-8-12(9-19)5-6-14(13)24-18(3,4)17(16)23/h5-6,8,11,16-17,23H,7H2,1-4H3,(H,21,22)/t16-,17+/m0/s1. The minimum absolute atomic E-state index is 0.305. The second-order valence-electron chi connectivity index (χ2n) is 6.87. The molecule has 0 saturated carbocycles. The molecule has 0 amide bonds. The number of amidine groups is 1. The van der Waals surface area contributed by atoms with Crippen molar-refractivity contribution in [1.29, 1.82) is 10.5 Å². The molecular weight excluding hydrogens is 304 g/mol. The Labute approximate surface area is 142 Å². The largest absolute Gasteiger partial charge is 0.485 e. The molecule has 0 fully saturated rings. The van der Waals surface area contributed by atoms with E-state index in [1.54, 1.807) is 32.0 Å². The topological polar surface area (TPSA) is 101 Å². The molecule has 1 aromatic carbocycles. The number of hydrogen-bond acceptors (Lipinski definition) is 5. The number of nitrogens with one attached hydrogen (secondary N) is 1. The predicted molar refractivity (Wildman–Crippen MR) is 90.3 cm³/mol. The first-order valence-corrected chi connectivity index (χ1v) is 7.91. The SMILES string of the molecule is CC(C)CC(=N[C@H]1c2cc(C#N)ccc2OC(C)(C)[C@@H]1O)NC#N. The van der Waals surface area contributed by atoms with Crippen LogP contribution in [0.1, 0.15) is 51.3 Å². The van der Waals surface area contributed by atoms with Crippen molar-refractivity contribution in [3.8, 4) is 18.0 Å². The quantitative estimate of drug-likeness (QED) is 0.385. The van der Waals surface area contributed by atoms with Crippen LogP contribution in [0, 0.1) is 28.7 Å². The Kier molecular flexibility index (Phi) is 5.11. The summed E-state index contributed by atoms with van der Waals surface area (Å²) in [6.07, 6.45) is 1.59. The molecule has 2 N–H and O–H groups in total. The first kappa shape index (κ1) is 17.8. The van der Waals surface area contributed by atoms with Crippen LogP contribution in [0.5, 0.6) is 5.75 Å². The molecule has 6 nitrogen and oxygen atoms in total. The number of aliphatic hydroxyl groups excluding tert-OH is 1. The van der Waals surface area contributed by atoms with Crippen LogP contribution in [0.3, 0.4) is 0 Å². The monoisotopic (exact) mass is 326 g/mol. The van der Waals surface area contributed by atoms with Gasteiger partial charge in [0.1, 0.15) is 29.3 Å². The molecule has 2 atom stereocenters. The number of nitrogens with zero attached hydrogens (tertiary/aromatic N) is 3. The summed E-state index contributed by atoms with van der Waals surface area (Å²) in [5, 5.41) is 31.4. The first-order chi connectivity index (χ1) is 11.3. The number of benzene rings is 1. The summed E-state index contributed by atoms with van der Waals surface area (Å²) in [6, 6.07) is 6.57. The number of nitriles is 2. The van der Waals surface area contributed by atoms with E-state index in [-0.39, 0.29) is 0 Å². The fourth-order valence-corrected chi connectivity index (χ4v) is 2.73. The van der Waals surface area contributed by atoms with Gasteiger partial charge in [-0.1, -0.05) is 13.8 Å². The lowest BCUT2D eigenvalue weighted by atomic mass is 9.86. The third-order valence-electron chi connectivity index (χ3n) is 3.94. The zero-order chi connectivity index (χ0) is 17.9. The molecule has 1 aromatic rings. The van der Waals surface area contributed by atoms with Crippen molar-refractivity contribution in [1.82, 2.24) is 5.32 Å². The molecule has 2 rings (SSSR count). The molecule has 0 radical (unpaired) electrons. The van der Waals surface area contributed by atoms with Crippen molar-refractivity contribution in [3.05, 3.63) is 29.3 Å². The van der Waals surface area contributed by atoms with Crippen LogP contribution in [0.15, 0.2) is 23.2 Å². The fourth-order valence-electron chi connectivity index (χ4n) is 2.73. The Balaban J connectivity index is 2.54. The number of aliphatic hydroxyl groups is 1. The van der Waals surface area contributed by atoms with Crippen molar-refractivity contribution in [3.63, 3.8) is 0 Å². The molecule has 1 aliphatic heterocycles. The maximum Gasteiger partial charge on any atom is 0.182 e. The minimum atomic E-state index is -0.901. The smallest absolute Gasteiger partial charge is 0.182 e. The summed E-state index contributed by atoms with van der Waals surface area (Å²) in [5.74, 6) is 1.42. The van der Waals surface area contributed by atoms with Gasteiger partial charge in [-0.05, 0) is 38.0 Å². The number of aliphatic imine (C=N–C) groups is 1. The lowest BCUT2D eigenvalue weighted by molar-refractivity contribution is -0.0567. The van der Waals surface area contributed by atoms with E-state index in [1.165, 1.54) is 0 Å². The maximum atomic E-state index is 10.7. The highest BCUT2D eigenvalue weighted by molar-refractivity contribution is 5.84. The van der Waals surface area contributed by atoms with Gasteiger partial charge in [-0.25, -0.2) is 0 Å². The average Bonchev–Trinajstić information content (AvgIpc) is 2.50. The van der Waals surface area contributed by atoms with Gasteiger partial charge in [0.05, 0.1) is 11.6 Å². The third kappa shape index (κ3) is 3.67. The second-order valence-corrected chi connectivity index (χ2v) is 6.87. The van der Waals surface area contributed by atoms with E-state index in [1.807, 2.05) is 20.0 Å². The molecule has 0 saturated heterocycles. The molecule has 0 aliphatic carbocycles. The van der Waals surface area contributed by atoms with Crippen LogP contribution in [0.4, 0.5) is 0 Å². The van der Waals surface area contributed by atoms with Crippen molar-refractivity contribution in [2.75, 3.05) is 0 Å². The van der Waals surface area contributed by atoms with Crippen LogP contribution >= 0.6 is 0 Å². The van der Waals surface area contributed by atoms with Crippen molar-refractivity contribution >= 4 is 5.84 Å². The summed E-state index contributed by atoms with van der Waals surface area (Å²) in [5.41, 5.74) is 0.301. The first-order valence-electron chi connectivity index (χ1n) is 7.91. The number of fused-ring (bicyclic) bond motifs is 1. The molecule has 0 bridgehead atoms. The van der Waals surface area contributed by atoms with E-state index < -0.39 is 17.7 Å². The van der Waals surface area contributed by atoms with Gasteiger partial charge in [0.25, 0.3) is 0 Å². The van der Waals surface area contributed by atoms with Crippen molar-refractivity contribution in [2.24, 2.45) is 10.9 Å². The molecule has 0 unspecified atom stereocenters.